The summed E-state index contributed by atoms with van der Waals surface area (Å²) in [5.74, 6) is 2.30. The Balaban J connectivity index is 2.34. The molecule has 0 spiro atoms. The van der Waals surface area contributed by atoms with E-state index in [1.807, 2.05) is 0 Å². The highest BCUT2D eigenvalue weighted by Crippen LogP contribution is 2.42. The average Bonchev–Trinajstić information content (AvgIpc) is 2.17. The number of allylic oxidation sites excluding steroid dienone is 6. The number of hydrogen-bond acceptors (Lipinski definition) is 0. The van der Waals surface area contributed by atoms with Crippen LogP contribution in [-0.4, -0.2) is 0 Å². The topological polar surface area (TPSA) is 0 Å². The van der Waals surface area contributed by atoms with Crippen molar-refractivity contribution >= 4 is 0 Å². The van der Waals surface area contributed by atoms with Crippen molar-refractivity contribution in [3.63, 3.8) is 0 Å². The van der Waals surface area contributed by atoms with Crippen LogP contribution in [0.15, 0.2) is 34.9 Å². The molecule has 2 rings (SSSR count). The molecule has 0 radical (unpaired) electrons. The maximum Gasteiger partial charge on any atom is 0.00538 e. The van der Waals surface area contributed by atoms with Gasteiger partial charge >= 0.3 is 0 Å². The first-order valence-electron chi connectivity index (χ1n) is 6.14. The van der Waals surface area contributed by atoms with Crippen molar-refractivity contribution in [1.82, 2.24) is 0 Å². The quantitative estimate of drug-likeness (QED) is 0.549. The molecule has 0 bridgehead atoms. The highest BCUT2D eigenvalue weighted by Gasteiger charge is 2.30. The molecule has 0 fully saturated rings. The second-order valence-electron chi connectivity index (χ2n) is 5.43. The third-order valence-electron chi connectivity index (χ3n) is 3.94. The number of fused-ring (bicyclic) bond motifs is 1. The first kappa shape index (κ1) is 10.7. The first-order chi connectivity index (χ1) is 7.09. The van der Waals surface area contributed by atoms with Gasteiger partial charge in [0.05, 0.1) is 0 Å². The van der Waals surface area contributed by atoms with E-state index in [2.05, 4.69) is 45.9 Å². The molecule has 0 aliphatic heterocycles. The van der Waals surface area contributed by atoms with E-state index < -0.39 is 0 Å². The first-order valence-corrected chi connectivity index (χ1v) is 6.14. The van der Waals surface area contributed by atoms with E-state index in [1.54, 1.807) is 11.1 Å². The van der Waals surface area contributed by atoms with Gasteiger partial charge in [0.2, 0.25) is 0 Å². The third-order valence-corrected chi connectivity index (χ3v) is 3.94. The molecule has 0 saturated heterocycles. The zero-order valence-electron chi connectivity index (χ0n) is 10.4. The zero-order valence-corrected chi connectivity index (χ0v) is 10.4. The van der Waals surface area contributed by atoms with Crippen molar-refractivity contribution in [2.75, 3.05) is 0 Å². The van der Waals surface area contributed by atoms with Gasteiger partial charge in [0.1, 0.15) is 0 Å². The fourth-order valence-corrected chi connectivity index (χ4v) is 2.91. The van der Waals surface area contributed by atoms with Crippen LogP contribution in [0.2, 0.25) is 0 Å². The summed E-state index contributed by atoms with van der Waals surface area (Å²) in [5, 5.41) is 0. The van der Waals surface area contributed by atoms with Crippen LogP contribution in [-0.2, 0) is 0 Å². The van der Waals surface area contributed by atoms with Crippen molar-refractivity contribution in [3.05, 3.63) is 34.9 Å². The largest absolute Gasteiger partial charge is 0.0810 e. The molecular formula is C15H22. The summed E-state index contributed by atoms with van der Waals surface area (Å²) in [6.45, 7) is 9.24. The fraction of sp³-hybridized carbons (Fsp3) is 0.600. The summed E-state index contributed by atoms with van der Waals surface area (Å²) < 4.78 is 0. The third kappa shape index (κ3) is 1.95. The smallest absolute Gasteiger partial charge is 0.00538 e. The van der Waals surface area contributed by atoms with Crippen LogP contribution in [0.5, 0.6) is 0 Å². The van der Waals surface area contributed by atoms with E-state index in [1.165, 1.54) is 12.0 Å². The lowest BCUT2D eigenvalue weighted by molar-refractivity contribution is 0.317. The minimum absolute atomic E-state index is 0.698. The molecule has 2 aliphatic rings. The van der Waals surface area contributed by atoms with Gasteiger partial charge in [-0.25, -0.2) is 0 Å². The Bertz CT molecular complexity index is 339. The minimum atomic E-state index is 0.698. The van der Waals surface area contributed by atoms with Crippen LogP contribution < -0.4 is 0 Å². The molecule has 82 valence electrons. The van der Waals surface area contributed by atoms with Gasteiger partial charge in [0.25, 0.3) is 0 Å². The second kappa shape index (κ2) is 4.00. The molecule has 0 amide bonds. The maximum absolute atomic E-state index is 2.51. The van der Waals surface area contributed by atoms with Gasteiger partial charge in [0.15, 0.2) is 0 Å². The van der Waals surface area contributed by atoms with E-state index in [4.69, 9.17) is 0 Å². The number of hydrogen-bond donors (Lipinski definition) is 0. The second-order valence-corrected chi connectivity index (χ2v) is 5.43. The highest BCUT2D eigenvalue weighted by atomic mass is 14.3. The van der Waals surface area contributed by atoms with Crippen LogP contribution >= 0.6 is 0 Å². The van der Waals surface area contributed by atoms with E-state index in [-0.39, 0.29) is 0 Å². The monoisotopic (exact) mass is 202 g/mol. The standard InChI is InChI=1S/C15H22/c1-10(2)13-8-6-12(4)14-7-5-11(3)9-15(13)14/h6-7,9-10,13,15H,5,8H2,1-4H3/t13-,15-/m0/s1. The van der Waals surface area contributed by atoms with Crippen molar-refractivity contribution in [3.8, 4) is 0 Å². The van der Waals surface area contributed by atoms with Gasteiger partial charge < -0.3 is 0 Å². The molecule has 2 atom stereocenters. The summed E-state index contributed by atoms with van der Waals surface area (Å²) in [7, 11) is 0. The Morgan fingerprint density at radius 3 is 2.60 bits per heavy atom. The lowest BCUT2D eigenvalue weighted by atomic mass is 9.69. The Hall–Kier alpha value is -0.780. The molecule has 0 unspecified atom stereocenters. The van der Waals surface area contributed by atoms with Gasteiger partial charge in [-0.15, -0.1) is 0 Å². The molecule has 15 heavy (non-hydrogen) atoms. The van der Waals surface area contributed by atoms with Gasteiger partial charge in [-0.2, -0.15) is 0 Å². The van der Waals surface area contributed by atoms with Crippen LogP contribution in [0, 0.1) is 17.8 Å². The van der Waals surface area contributed by atoms with Crippen molar-refractivity contribution in [2.24, 2.45) is 17.8 Å². The van der Waals surface area contributed by atoms with Crippen molar-refractivity contribution < 1.29 is 0 Å². The summed E-state index contributed by atoms with van der Waals surface area (Å²) >= 11 is 0. The molecule has 0 aromatic rings. The maximum atomic E-state index is 2.51. The molecule has 0 heteroatoms. The molecule has 0 aromatic heterocycles. The SMILES string of the molecule is CC1=C[C@@H]2C(=CC1)C(C)=CC[C@H]2C(C)C. The van der Waals surface area contributed by atoms with Gasteiger partial charge in [-0.1, -0.05) is 43.2 Å². The van der Waals surface area contributed by atoms with Gasteiger partial charge in [0, 0.05) is 5.92 Å². The summed E-state index contributed by atoms with van der Waals surface area (Å²) in [5.41, 5.74) is 4.66. The van der Waals surface area contributed by atoms with E-state index >= 15 is 0 Å². The van der Waals surface area contributed by atoms with Crippen LogP contribution in [0.4, 0.5) is 0 Å². The Labute approximate surface area is 93.8 Å². The lowest BCUT2D eigenvalue weighted by Crippen LogP contribution is -2.25. The van der Waals surface area contributed by atoms with Crippen LogP contribution in [0.3, 0.4) is 0 Å². The van der Waals surface area contributed by atoms with Crippen LogP contribution in [0.1, 0.15) is 40.5 Å². The highest BCUT2D eigenvalue weighted by molar-refractivity contribution is 5.41. The Kier molecular flexibility index (Phi) is 2.86. The summed E-state index contributed by atoms with van der Waals surface area (Å²) in [6.07, 6.45) is 9.80. The summed E-state index contributed by atoms with van der Waals surface area (Å²) in [6, 6.07) is 0. The molecule has 0 nitrogen and oxygen atoms in total. The van der Waals surface area contributed by atoms with Crippen LogP contribution in [0.25, 0.3) is 0 Å². The predicted molar refractivity (Wildman–Crippen MR) is 66.6 cm³/mol. The van der Waals surface area contributed by atoms with Crippen molar-refractivity contribution in [1.29, 1.82) is 0 Å². The molecule has 0 aromatic carbocycles. The molecular weight excluding hydrogens is 180 g/mol. The van der Waals surface area contributed by atoms with E-state index in [0.29, 0.717) is 5.92 Å². The van der Waals surface area contributed by atoms with E-state index in [0.717, 1.165) is 18.3 Å². The molecule has 2 aliphatic carbocycles. The fourth-order valence-electron chi connectivity index (χ4n) is 2.91. The molecule has 0 heterocycles. The zero-order chi connectivity index (χ0) is 11.0. The molecule has 0 saturated carbocycles. The Morgan fingerprint density at radius 2 is 1.93 bits per heavy atom. The van der Waals surface area contributed by atoms with Gasteiger partial charge in [-0.3, -0.25) is 0 Å². The van der Waals surface area contributed by atoms with Gasteiger partial charge in [-0.05, 0) is 44.1 Å². The summed E-state index contributed by atoms with van der Waals surface area (Å²) in [4.78, 5) is 0. The molecule has 0 N–H and O–H groups in total. The Morgan fingerprint density at radius 1 is 1.20 bits per heavy atom. The predicted octanol–water partition coefficient (Wildman–Crippen LogP) is 4.50. The normalized spacial score (nSPS) is 30.6. The van der Waals surface area contributed by atoms with Crippen molar-refractivity contribution in [2.45, 2.75) is 40.5 Å². The number of rotatable bonds is 1. The minimum Gasteiger partial charge on any atom is -0.0810 e. The van der Waals surface area contributed by atoms with E-state index in [9.17, 15) is 0 Å². The lowest BCUT2D eigenvalue weighted by Gasteiger charge is -2.36. The average molecular weight is 202 g/mol.